The van der Waals surface area contributed by atoms with E-state index in [9.17, 15) is 9.59 Å². The Balaban J connectivity index is 1.69. The predicted octanol–water partition coefficient (Wildman–Crippen LogP) is 5.79. The summed E-state index contributed by atoms with van der Waals surface area (Å²) in [5.41, 5.74) is 2.47. The fourth-order valence-corrected chi connectivity index (χ4v) is 4.78. The third-order valence-electron chi connectivity index (χ3n) is 6.88. The normalized spacial score (nSPS) is 14.9. The molecule has 0 heterocycles. The molecule has 0 radical (unpaired) electrons. The van der Waals surface area contributed by atoms with Crippen LogP contribution in [0, 0.1) is 5.92 Å². The van der Waals surface area contributed by atoms with E-state index in [0.29, 0.717) is 0 Å². The van der Waals surface area contributed by atoms with Gasteiger partial charge in [0.15, 0.2) is 0 Å². The largest absolute Gasteiger partial charge is 0.490 e. The van der Waals surface area contributed by atoms with Crippen molar-refractivity contribution >= 4 is 11.9 Å². The molecule has 3 rings (SSSR count). The lowest BCUT2D eigenvalue weighted by atomic mass is 9.63. The molecule has 1 fully saturated rings. The van der Waals surface area contributed by atoms with Crippen molar-refractivity contribution in [3.8, 4) is 11.5 Å². The summed E-state index contributed by atoms with van der Waals surface area (Å²) in [7, 11) is 0. The van der Waals surface area contributed by atoms with Gasteiger partial charge in [-0.3, -0.25) is 0 Å². The molecule has 0 aromatic heterocycles. The Kier molecular flexibility index (Phi) is 10.2. The molecule has 1 aliphatic carbocycles. The van der Waals surface area contributed by atoms with Crippen LogP contribution in [-0.4, -0.2) is 38.4 Å². The van der Waals surface area contributed by atoms with Crippen molar-refractivity contribution in [3.63, 3.8) is 0 Å². The molecule has 0 N–H and O–H groups in total. The Morgan fingerprint density at radius 1 is 0.778 bits per heavy atom. The molecule has 36 heavy (non-hydrogen) atoms. The van der Waals surface area contributed by atoms with Gasteiger partial charge in [0.1, 0.15) is 37.9 Å². The van der Waals surface area contributed by atoms with Gasteiger partial charge in [-0.15, -0.1) is 0 Å². The second-order valence-corrected chi connectivity index (χ2v) is 8.92. The molecule has 2 aromatic rings. The lowest BCUT2D eigenvalue weighted by Gasteiger charge is -2.41. The highest BCUT2D eigenvalue weighted by Crippen LogP contribution is 2.47. The summed E-state index contributed by atoms with van der Waals surface area (Å²) in [4.78, 5) is 22.3. The van der Waals surface area contributed by atoms with Gasteiger partial charge in [0.2, 0.25) is 0 Å². The average Bonchev–Trinajstić information content (AvgIpc) is 2.93. The Morgan fingerprint density at radius 2 is 1.19 bits per heavy atom. The first-order valence-corrected chi connectivity index (χ1v) is 12.6. The number of hydrogen-bond donors (Lipinski definition) is 0. The number of carbonyl (C=O) groups is 2. The summed E-state index contributed by atoms with van der Waals surface area (Å²) in [5, 5.41) is 0. The molecular formula is C30H36O6. The SMILES string of the molecule is C=CC(=O)OCCOc1ccc(C2(c3ccc(OCCOC(=O)C=C)cc3)CCC(CC)CC2)cc1. The summed E-state index contributed by atoms with van der Waals surface area (Å²) >= 11 is 0. The van der Waals surface area contributed by atoms with Crippen LogP contribution in [0.5, 0.6) is 11.5 Å². The van der Waals surface area contributed by atoms with Gasteiger partial charge in [0.05, 0.1) is 0 Å². The summed E-state index contributed by atoms with van der Waals surface area (Å²) in [6.07, 6.45) is 8.04. The Morgan fingerprint density at radius 3 is 1.56 bits per heavy atom. The van der Waals surface area contributed by atoms with Crippen molar-refractivity contribution in [1.29, 1.82) is 0 Å². The van der Waals surface area contributed by atoms with E-state index in [-0.39, 0.29) is 31.8 Å². The second-order valence-electron chi connectivity index (χ2n) is 8.92. The molecule has 0 atom stereocenters. The minimum Gasteiger partial charge on any atom is -0.490 e. The van der Waals surface area contributed by atoms with E-state index in [1.54, 1.807) is 0 Å². The predicted molar refractivity (Wildman–Crippen MR) is 139 cm³/mol. The van der Waals surface area contributed by atoms with E-state index in [0.717, 1.165) is 42.4 Å². The Bertz CT molecular complexity index is 927. The molecule has 0 unspecified atom stereocenters. The number of ether oxygens (including phenoxy) is 4. The molecule has 1 saturated carbocycles. The molecule has 0 spiro atoms. The molecule has 0 amide bonds. The third-order valence-corrected chi connectivity index (χ3v) is 6.88. The zero-order valence-corrected chi connectivity index (χ0v) is 21.1. The first kappa shape index (κ1) is 27.1. The number of hydrogen-bond acceptors (Lipinski definition) is 6. The minimum atomic E-state index is -0.453. The van der Waals surface area contributed by atoms with Crippen LogP contribution >= 0.6 is 0 Å². The molecule has 1 aliphatic rings. The minimum absolute atomic E-state index is 0.0677. The smallest absolute Gasteiger partial charge is 0.330 e. The summed E-state index contributed by atoms with van der Waals surface area (Å²) in [5.74, 6) is 1.34. The van der Waals surface area contributed by atoms with Crippen LogP contribution in [0.25, 0.3) is 0 Å². The summed E-state index contributed by atoms with van der Waals surface area (Å²) in [6.45, 7) is 9.97. The van der Waals surface area contributed by atoms with Crippen LogP contribution in [0.2, 0.25) is 0 Å². The van der Waals surface area contributed by atoms with Gasteiger partial charge < -0.3 is 18.9 Å². The number of benzene rings is 2. The van der Waals surface area contributed by atoms with Crippen LogP contribution in [0.1, 0.15) is 50.2 Å². The number of rotatable bonds is 13. The quantitative estimate of drug-likeness (QED) is 0.200. The molecular weight excluding hydrogens is 456 g/mol. The zero-order valence-electron chi connectivity index (χ0n) is 21.1. The third kappa shape index (κ3) is 7.23. The van der Waals surface area contributed by atoms with Crippen molar-refractivity contribution < 1.29 is 28.5 Å². The van der Waals surface area contributed by atoms with Gasteiger partial charge in [-0.1, -0.05) is 50.8 Å². The Hall–Kier alpha value is -3.54. The fraction of sp³-hybridized carbons (Fsp3) is 0.400. The lowest BCUT2D eigenvalue weighted by molar-refractivity contribution is -0.139. The second kappa shape index (κ2) is 13.5. The van der Waals surface area contributed by atoms with E-state index < -0.39 is 11.9 Å². The number of esters is 2. The van der Waals surface area contributed by atoms with E-state index in [4.69, 9.17) is 18.9 Å². The molecule has 6 heteroatoms. The number of carbonyl (C=O) groups excluding carboxylic acids is 2. The Labute approximate surface area is 213 Å². The maximum absolute atomic E-state index is 11.2. The molecule has 0 bridgehead atoms. The van der Waals surface area contributed by atoms with Gasteiger partial charge in [0.25, 0.3) is 0 Å². The van der Waals surface area contributed by atoms with Crippen molar-refractivity contribution in [2.45, 2.75) is 44.4 Å². The van der Waals surface area contributed by atoms with E-state index in [1.165, 1.54) is 30.4 Å². The van der Waals surface area contributed by atoms with Gasteiger partial charge in [-0.2, -0.15) is 0 Å². The first-order chi connectivity index (χ1) is 17.5. The van der Waals surface area contributed by atoms with E-state index in [1.807, 2.05) is 24.3 Å². The lowest BCUT2D eigenvalue weighted by Crippen LogP contribution is -2.33. The standard InChI is InChI=1S/C30H36O6/c1-4-23-15-17-30(18-16-23,24-7-11-26(12-8-24)33-19-21-35-28(31)5-2)25-9-13-27(14-10-25)34-20-22-36-29(32)6-3/h5-14,23H,2-4,15-22H2,1H3. The van der Waals surface area contributed by atoms with Crippen LogP contribution in [0.3, 0.4) is 0 Å². The zero-order chi connectivity index (χ0) is 25.8. The molecule has 0 aliphatic heterocycles. The fourth-order valence-electron chi connectivity index (χ4n) is 4.78. The average molecular weight is 493 g/mol. The van der Waals surface area contributed by atoms with Gasteiger partial charge in [-0.25, -0.2) is 9.59 Å². The van der Waals surface area contributed by atoms with Gasteiger partial charge >= 0.3 is 11.9 Å². The highest BCUT2D eigenvalue weighted by molar-refractivity contribution is 5.81. The maximum atomic E-state index is 11.2. The van der Waals surface area contributed by atoms with E-state index >= 15 is 0 Å². The molecule has 6 nitrogen and oxygen atoms in total. The summed E-state index contributed by atoms with van der Waals surface area (Å²) in [6, 6.07) is 16.5. The van der Waals surface area contributed by atoms with Crippen LogP contribution in [0.15, 0.2) is 73.8 Å². The highest BCUT2D eigenvalue weighted by atomic mass is 16.6. The maximum Gasteiger partial charge on any atom is 0.330 e. The first-order valence-electron chi connectivity index (χ1n) is 12.6. The highest BCUT2D eigenvalue weighted by Gasteiger charge is 2.38. The molecule has 192 valence electrons. The van der Waals surface area contributed by atoms with Crippen molar-refractivity contribution in [2.24, 2.45) is 5.92 Å². The van der Waals surface area contributed by atoms with Crippen molar-refractivity contribution in [3.05, 3.63) is 85.0 Å². The van der Waals surface area contributed by atoms with Crippen molar-refractivity contribution in [1.82, 2.24) is 0 Å². The van der Waals surface area contributed by atoms with Crippen LogP contribution in [-0.2, 0) is 24.5 Å². The summed E-state index contributed by atoms with van der Waals surface area (Å²) < 4.78 is 21.4. The van der Waals surface area contributed by atoms with Gasteiger partial charge in [-0.05, 0) is 67.0 Å². The van der Waals surface area contributed by atoms with Crippen LogP contribution in [0.4, 0.5) is 0 Å². The monoisotopic (exact) mass is 492 g/mol. The van der Waals surface area contributed by atoms with Gasteiger partial charge in [0, 0.05) is 17.6 Å². The van der Waals surface area contributed by atoms with E-state index in [2.05, 4.69) is 44.3 Å². The molecule has 2 aromatic carbocycles. The topological polar surface area (TPSA) is 71.1 Å². The molecule has 0 saturated heterocycles. The van der Waals surface area contributed by atoms with Crippen molar-refractivity contribution in [2.75, 3.05) is 26.4 Å². The van der Waals surface area contributed by atoms with Crippen LogP contribution < -0.4 is 9.47 Å².